The number of Topliss-reactive ketones (excluding diaryl/α,β-unsaturated/α-hetero) is 1. The van der Waals surface area contributed by atoms with Gasteiger partial charge in [0.2, 0.25) is 0 Å². The molecule has 166 valence electrons. The summed E-state index contributed by atoms with van der Waals surface area (Å²) in [5, 5.41) is 14.7. The van der Waals surface area contributed by atoms with Gasteiger partial charge in [0.05, 0.1) is 23.9 Å². The molecule has 0 saturated heterocycles. The summed E-state index contributed by atoms with van der Waals surface area (Å²) in [6.07, 6.45) is 7.60. The Balaban J connectivity index is 1.61. The van der Waals surface area contributed by atoms with Crippen LogP contribution in [-0.4, -0.2) is 35.1 Å². The average molecular weight is 432 g/mol. The van der Waals surface area contributed by atoms with Crippen molar-refractivity contribution in [3.63, 3.8) is 0 Å². The van der Waals surface area contributed by atoms with E-state index in [-0.39, 0.29) is 29.5 Å². The molecule has 0 amide bonds. The fraction of sp³-hybridized carbons (Fsp3) is 0.385. The van der Waals surface area contributed by atoms with E-state index in [4.69, 9.17) is 10.5 Å². The topological polar surface area (TPSA) is 97.5 Å². The van der Waals surface area contributed by atoms with Crippen LogP contribution in [0.15, 0.2) is 42.6 Å². The number of carbonyl (C=O) groups is 1. The molecule has 2 aliphatic carbocycles. The number of aromatic nitrogens is 1. The number of phenols is 1. The van der Waals surface area contributed by atoms with Crippen LogP contribution in [0.2, 0.25) is 0 Å². The van der Waals surface area contributed by atoms with Gasteiger partial charge in [0.1, 0.15) is 11.5 Å². The molecule has 0 bridgehead atoms. The monoisotopic (exact) mass is 431 g/mol. The first-order chi connectivity index (χ1) is 15.5. The fourth-order valence-electron chi connectivity index (χ4n) is 4.62. The van der Waals surface area contributed by atoms with Gasteiger partial charge in [-0.05, 0) is 73.9 Å². The van der Waals surface area contributed by atoms with E-state index in [1.165, 1.54) is 0 Å². The number of anilines is 1. The summed E-state index contributed by atoms with van der Waals surface area (Å²) < 4.78 is 5.32. The number of ketones is 1. The van der Waals surface area contributed by atoms with E-state index in [9.17, 15) is 9.90 Å². The normalized spacial score (nSPS) is 20.8. The van der Waals surface area contributed by atoms with Gasteiger partial charge in [-0.15, -0.1) is 0 Å². The highest BCUT2D eigenvalue weighted by Crippen LogP contribution is 2.39. The molecule has 1 aromatic heterocycles. The Labute approximate surface area is 187 Å². The van der Waals surface area contributed by atoms with Crippen molar-refractivity contribution in [2.45, 2.75) is 50.6 Å². The number of nitrogens with one attached hydrogen (secondary N) is 1. The van der Waals surface area contributed by atoms with E-state index in [0.29, 0.717) is 11.3 Å². The number of rotatable bonds is 6. The Kier molecular flexibility index (Phi) is 5.47. The summed E-state index contributed by atoms with van der Waals surface area (Å²) in [7, 11) is 1.58. The van der Waals surface area contributed by atoms with Crippen molar-refractivity contribution in [2.75, 3.05) is 12.4 Å². The summed E-state index contributed by atoms with van der Waals surface area (Å²) in [6.45, 7) is 0. The molecule has 2 aromatic carbocycles. The van der Waals surface area contributed by atoms with Crippen LogP contribution in [0.1, 0.15) is 48.9 Å². The number of fused-ring (bicyclic) bond motifs is 1. The van der Waals surface area contributed by atoms with Gasteiger partial charge < -0.3 is 20.9 Å². The largest absolute Gasteiger partial charge is 0.508 e. The second-order valence-corrected chi connectivity index (χ2v) is 9.09. The first-order valence-corrected chi connectivity index (χ1v) is 11.4. The van der Waals surface area contributed by atoms with Gasteiger partial charge >= 0.3 is 0 Å². The van der Waals surface area contributed by atoms with Gasteiger partial charge in [-0.2, -0.15) is 0 Å². The maximum Gasteiger partial charge on any atom is 0.169 e. The number of carbonyl (C=O) groups excluding carboxylic acids is 1. The molecule has 0 spiro atoms. The van der Waals surface area contributed by atoms with E-state index < -0.39 is 0 Å². The zero-order valence-corrected chi connectivity index (χ0v) is 18.3. The molecular weight excluding hydrogens is 402 g/mol. The summed E-state index contributed by atoms with van der Waals surface area (Å²) >= 11 is 0. The number of nitrogens with zero attached hydrogens (tertiary/aromatic N) is 1. The highest BCUT2D eigenvalue weighted by atomic mass is 16.5. The van der Waals surface area contributed by atoms with Crippen LogP contribution in [0.3, 0.4) is 0 Å². The number of ether oxygens (including phenoxy) is 1. The van der Waals surface area contributed by atoms with Crippen molar-refractivity contribution in [3.05, 3.63) is 48.2 Å². The third-order valence-corrected chi connectivity index (χ3v) is 6.66. The molecule has 1 heterocycles. The van der Waals surface area contributed by atoms with E-state index in [1.54, 1.807) is 25.4 Å². The van der Waals surface area contributed by atoms with Gasteiger partial charge in [-0.1, -0.05) is 6.07 Å². The minimum Gasteiger partial charge on any atom is -0.508 e. The standard InChI is InChI=1S/C26H29N3O3/c1-32-21-11-17(10-20(30)13-21)16-4-9-24-22(12-16)25(29-19-7-5-18(27)6-8-19)23(14-28-24)26(31)15-2-3-15/h4,9-15,18-19,30H,2-3,5-8,27H2,1H3,(H,28,29). The van der Waals surface area contributed by atoms with Crippen LogP contribution >= 0.6 is 0 Å². The van der Waals surface area contributed by atoms with E-state index in [1.807, 2.05) is 18.2 Å². The molecule has 0 atom stereocenters. The fourth-order valence-corrected chi connectivity index (χ4v) is 4.62. The number of benzene rings is 2. The Morgan fingerprint density at radius 1 is 1.06 bits per heavy atom. The van der Waals surface area contributed by atoms with Gasteiger partial charge in [-0.25, -0.2) is 0 Å². The maximum atomic E-state index is 13.1. The molecule has 2 saturated carbocycles. The van der Waals surface area contributed by atoms with Crippen LogP contribution in [0.4, 0.5) is 5.69 Å². The van der Waals surface area contributed by atoms with Crippen molar-refractivity contribution < 1.29 is 14.6 Å². The summed E-state index contributed by atoms with van der Waals surface area (Å²) in [5.41, 5.74) is 10.3. The van der Waals surface area contributed by atoms with Crippen molar-refractivity contribution in [3.8, 4) is 22.6 Å². The number of aromatic hydroxyl groups is 1. The summed E-state index contributed by atoms with van der Waals surface area (Å²) in [4.78, 5) is 17.7. The molecule has 6 heteroatoms. The average Bonchev–Trinajstić information content (AvgIpc) is 3.65. The zero-order valence-electron chi connectivity index (χ0n) is 18.3. The lowest BCUT2D eigenvalue weighted by atomic mass is 9.91. The molecule has 6 nitrogen and oxygen atoms in total. The number of hydrogen-bond donors (Lipinski definition) is 3. The van der Waals surface area contributed by atoms with Gasteiger partial charge in [0.15, 0.2) is 5.78 Å². The molecule has 0 aliphatic heterocycles. The Morgan fingerprint density at radius 3 is 2.56 bits per heavy atom. The van der Waals surface area contributed by atoms with Crippen molar-refractivity contribution in [2.24, 2.45) is 11.7 Å². The number of hydrogen-bond acceptors (Lipinski definition) is 6. The highest BCUT2D eigenvalue weighted by Gasteiger charge is 2.33. The molecule has 0 unspecified atom stereocenters. The van der Waals surface area contributed by atoms with Crippen LogP contribution in [0.5, 0.6) is 11.5 Å². The van der Waals surface area contributed by atoms with Crippen LogP contribution in [0.25, 0.3) is 22.0 Å². The molecular formula is C26H29N3O3. The van der Waals surface area contributed by atoms with Gasteiger partial charge in [0, 0.05) is 35.7 Å². The summed E-state index contributed by atoms with van der Waals surface area (Å²) in [5.74, 6) is 1.03. The molecule has 4 N–H and O–H groups in total. The first kappa shape index (κ1) is 20.8. The molecule has 2 aliphatic rings. The quantitative estimate of drug-likeness (QED) is 0.481. The number of nitrogens with two attached hydrogens (primary N) is 1. The Morgan fingerprint density at radius 2 is 1.84 bits per heavy atom. The van der Waals surface area contributed by atoms with Crippen LogP contribution < -0.4 is 15.8 Å². The van der Waals surface area contributed by atoms with Crippen LogP contribution in [0, 0.1) is 5.92 Å². The number of phenolic OH excluding ortho intramolecular Hbond substituents is 1. The van der Waals surface area contributed by atoms with Crippen LogP contribution in [-0.2, 0) is 0 Å². The lowest BCUT2D eigenvalue weighted by Crippen LogP contribution is -2.33. The molecule has 32 heavy (non-hydrogen) atoms. The maximum absolute atomic E-state index is 13.1. The van der Waals surface area contributed by atoms with E-state index in [0.717, 1.165) is 66.2 Å². The Bertz CT molecular complexity index is 1160. The summed E-state index contributed by atoms with van der Waals surface area (Å²) in [6, 6.07) is 11.7. The number of methoxy groups -OCH3 is 1. The lowest BCUT2D eigenvalue weighted by molar-refractivity contribution is 0.0968. The van der Waals surface area contributed by atoms with E-state index >= 15 is 0 Å². The van der Waals surface area contributed by atoms with Gasteiger partial charge in [0.25, 0.3) is 0 Å². The van der Waals surface area contributed by atoms with Crippen molar-refractivity contribution in [1.29, 1.82) is 0 Å². The second kappa shape index (κ2) is 8.43. The third-order valence-electron chi connectivity index (χ3n) is 6.66. The van der Waals surface area contributed by atoms with Crippen molar-refractivity contribution in [1.82, 2.24) is 4.98 Å². The minimum atomic E-state index is 0.119. The molecule has 2 fully saturated rings. The molecule has 5 rings (SSSR count). The van der Waals surface area contributed by atoms with E-state index in [2.05, 4.69) is 16.4 Å². The lowest BCUT2D eigenvalue weighted by Gasteiger charge is -2.29. The second-order valence-electron chi connectivity index (χ2n) is 9.09. The third kappa shape index (κ3) is 4.15. The Hall–Kier alpha value is -3.12. The first-order valence-electron chi connectivity index (χ1n) is 11.4. The highest BCUT2D eigenvalue weighted by molar-refractivity contribution is 6.10. The minimum absolute atomic E-state index is 0.119. The zero-order chi connectivity index (χ0) is 22.2. The van der Waals surface area contributed by atoms with Gasteiger partial charge in [-0.3, -0.25) is 9.78 Å². The predicted octanol–water partition coefficient (Wildman–Crippen LogP) is 4.89. The molecule has 3 aromatic rings. The predicted molar refractivity (Wildman–Crippen MR) is 126 cm³/mol. The van der Waals surface area contributed by atoms with Crippen molar-refractivity contribution >= 4 is 22.4 Å². The number of pyridine rings is 1. The smallest absolute Gasteiger partial charge is 0.169 e. The molecule has 0 radical (unpaired) electrons. The SMILES string of the molecule is COc1cc(O)cc(-c2ccc3ncc(C(=O)C4CC4)c(NC4CCC(N)CC4)c3c2)c1.